The number of hydrogen-bond donors (Lipinski definition) is 2. The number of benzene rings is 1. The lowest BCUT2D eigenvalue weighted by atomic mass is 10.1. The quantitative estimate of drug-likeness (QED) is 0.129. The molecule has 0 radical (unpaired) electrons. The zero-order valence-electron chi connectivity index (χ0n) is 21.8. The van der Waals surface area contributed by atoms with Crippen LogP contribution in [-0.2, 0) is 28.9 Å². The standard InChI is InChI=1S/C29H31N3O4S3/c1-2-36-29(35)26-20-10-4-3-5-12-22(20)39-28(26)31-25(33)18-38-24-17-32(21-11-7-6-9-19(21)24)15-14-30-27(34)23-13-8-16-37-23/h6-9,11,13,16-17H,2-5,10,12,14-15,18H2,1H3,(H,30,34)(H,31,33). The number of aromatic nitrogens is 1. The highest BCUT2D eigenvalue weighted by molar-refractivity contribution is 8.00. The molecule has 1 aliphatic rings. The molecule has 0 bridgehead atoms. The lowest BCUT2D eigenvalue weighted by Gasteiger charge is -2.08. The smallest absolute Gasteiger partial charge is 0.341 e. The summed E-state index contributed by atoms with van der Waals surface area (Å²) in [5.41, 5.74) is 2.64. The third-order valence-electron chi connectivity index (χ3n) is 6.65. The Bertz CT molecular complexity index is 1470. The van der Waals surface area contributed by atoms with Crippen molar-refractivity contribution in [2.45, 2.75) is 50.5 Å². The third-order valence-corrected chi connectivity index (χ3v) is 9.77. The maximum Gasteiger partial charge on any atom is 0.341 e. The average molecular weight is 582 g/mol. The van der Waals surface area contributed by atoms with Crippen LogP contribution in [0.5, 0.6) is 0 Å². The molecule has 0 fully saturated rings. The van der Waals surface area contributed by atoms with E-state index in [1.165, 1.54) is 39.3 Å². The number of ether oxygens (including phenoxy) is 1. The van der Waals surface area contributed by atoms with Crippen molar-refractivity contribution in [3.05, 3.63) is 68.9 Å². The van der Waals surface area contributed by atoms with Gasteiger partial charge in [0.05, 0.1) is 22.8 Å². The van der Waals surface area contributed by atoms with E-state index in [0.29, 0.717) is 35.1 Å². The second kappa shape index (κ2) is 12.8. The molecule has 10 heteroatoms. The van der Waals surface area contributed by atoms with Crippen LogP contribution in [0.4, 0.5) is 5.00 Å². The predicted molar refractivity (Wildman–Crippen MR) is 159 cm³/mol. The van der Waals surface area contributed by atoms with Gasteiger partial charge in [-0.25, -0.2) is 4.79 Å². The Morgan fingerprint density at radius 3 is 2.74 bits per heavy atom. The average Bonchev–Trinajstić information content (AvgIpc) is 3.63. The van der Waals surface area contributed by atoms with Crippen molar-refractivity contribution >= 4 is 68.1 Å². The SMILES string of the molecule is CCOC(=O)c1c(NC(=O)CSc2cn(CCNC(=O)c3cccs3)c3ccccc23)sc2c1CCCCC2. The van der Waals surface area contributed by atoms with Gasteiger partial charge in [-0.1, -0.05) is 30.7 Å². The van der Waals surface area contributed by atoms with Crippen molar-refractivity contribution in [3.63, 3.8) is 0 Å². The summed E-state index contributed by atoms with van der Waals surface area (Å²) in [6, 6.07) is 11.7. The first-order chi connectivity index (χ1) is 19.0. The molecule has 1 aromatic carbocycles. The molecule has 0 atom stereocenters. The Hall–Kier alpha value is -3.08. The largest absolute Gasteiger partial charge is 0.462 e. The van der Waals surface area contributed by atoms with Crippen LogP contribution in [0.2, 0.25) is 0 Å². The molecule has 0 saturated carbocycles. The number of carbonyl (C=O) groups is 3. The van der Waals surface area contributed by atoms with Gasteiger partial charge < -0.3 is 19.9 Å². The van der Waals surface area contributed by atoms with Gasteiger partial charge in [-0.15, -0.1) is 34.4 Å². The molecule has 0 saturated heterocycles. The summed E-state index contributed by atoms with van der Waals surface area (Å²) in [4.78, 5) is 41.1. The van der Waals surface area contributed by atoms with Crippen LogP contribution in [0.15, 0.2) is 52.9 Å². The second-order valence-corrected chi connectivity index (χ2v) is 12.3. The molecular weight excluding hydrogens is 551 g/mol. The van der Waals surface area contributed by atoms with E-state index in [2.05, 4.69) is 15.2 Å². The third kappa shape index (κ3) is 6.40. The Labute approximate surface area is 239 Å². The molecule has 0 spiro atoms. The number of aryl methyl sites for hydroxylation is 1. The van der Waals surface area contributed by atoms with Crippen LogP contribution >= 0.6 is 34.4 Å². The van der Waals surface area contributed by atoms with Crippen molar-refractivity contribution in [2.75, 3.05) is 24.2 Å². The first-order valence-corrected chi connectivity index (χ1v) is 15.9. The molecule has 3 heterocycles. The topological polar surface area (TPSA) is 89.4 Å². The van der Waals surface area contributed by atoms with Crippen molar-refractivity contribution in [3.8, 4) is 0 Å². The fourth-order valence-electron chi connectivity index (χ4n) is 4.85. The van der Waals surface area contributed by atoms with E-state index >= 15 is 0 Å². The Morgan fingerprint density at radius 1 is 1.08 bits per heavy atom. The number of fused-ring (bicyclic) bond motifs is 2. The predicted octanol–water partition coefficient (Wildman–Crippen LogP) is 6.37. The highest BCUT2D eigenvalue weighted by Gasteiger charge is 2.26. The Balaban J connectivity index is 1.26. The number of thiophene rings is 2. The van der Waals surface area contributed by atoms with Gasteiger partial charge >= 0.3 is 5.97 Å². The number of amides is 2. The van der Waals surface area contributed by atoms with Crippen molar-refractivity contribution in [1.29, 1.82) is 0 Å². The van der Waals surface area contributed by atoms with Crippen LogP contribution in [0.1, 0.15) is 56.7 Å². The molecule has 1 aliphatic carbocycles. The van der Waals surface area contributed by atoms with Gasteiger partial charge in [-0.3, -0.25) is 9.59 Å². The lowest BCUT2D eigenvalue weighted by molar-refractivity contribution is -0.113. The summed E-state index contributed by atoms with van der Waals surface area (Å²) in [5, 5.41) is 9.55. The van der Waals surface area contributed by atoms with E-state index in [0.717, 1.165) is 53.5 Å². The molecule has 0 aliphatic heterocycles. The molecular formula is C29H31N3O4S3. The first-order valence-electron chi connectivity index (χ1n) is 13.2. The van der Waals surface area contributed by atoms with Crippen LogP contribution in [-0.4, -0.2) is 41.3 Å². The highest BCUT2D eigenvalue weighted by Crippen LogP contribution is 2.38. The van der Waals surface area contributed by atoms with E-state index < -0.39 is 0 Å². The minimum atomic E-state index is -0.353. The second-order valence-electron chi connectivity index (χ2n) is 9.26. The molecule has 0 unspecified atom stereocenters. The molecule has 7 nitrogen and oxygen atoms in total. The number of hydrogen-bond acceptors (Lipinski definition) is 7. The van der Waals surface area contributed by atoms with Gasteiger partial charge in [0.1, 0.15) is 5.00 Å². The van der Waals surface area contributed by atoms with Gasteiger partial charge in [-0.2, -0.15) is 0 Å². The van der Waals surface area contributed by atoms with Crippen LogP contribution < -0.4 is 10.6 Å². The van der Waals surface area contributed by atoms with Gasteiger partial charge in [-0.05, 0) is 55.7 Å². The maximum absolute atomic E-state index is 13.1. The van der Waals surface area contributed by atoms with Gasteiger partial charge in [0.15, 0.2) is 0 Å². The fourth-order valence-corrected chi connectivity index (χ4v) is 7.68. The summed E-state index contributed by atoms with van der Waals surface area (Å²) in [7, 11) is 0. The van der Waals surface area contributed by atoms with Crippen LogP contribution in [0.25, 0.3) is 10.9 Å². The molecule has 2 amide bonds. The van der Waals surface area contributed by atoms with Crippen molar-refractivity contribution in [2.24, 2.45) is 0 Å². The van der Waals surface area contributed by atoms with Gasteiger partial charge in [0.25, 0.3) is 5.91 Å². The molecule has 5 rings (SSSR count). The molecule has 39 heavy (non-hydrogen) atoms. The molecule has 3 aromatic heterocycles. The van der Waals surface area contributed by atoms with Crippen molar-refractivity contribution < 1.29 is 19.1 Å². The lowest BCUT2D eigenvalue weighted by Crippen LogP contribution is -2.26. The van der Waals surface area contributed by atoms with Crippen LogP contribution in [0, 0.1) is 0 Å². The molecule has 4 aromatic rings. The number of rotatable bonds is 10. The van der Waals surface area contributed by atoms with E-state index in [1.807, 2.05) is 48.0 Å². The first kappa shape index (κ1) is 27.5. The summed E-state index contributed by atoms with van der Waals surface area (Å²) < 4.78 is 7.46. The van der Waals surface area contributed by atoms with Gasteiger partial charge in [0.2, 0.25) is 5.91 Å². The minimum absolute atomic E-state index is 0.0687. The number of carbonyl (C=O) groups excluding carboxylic acids is 3. The number of nitrogens with one attached hydrogen (secondary N) is 2. The van der Waals surface area contributed by atoms with E-state index in [1.54, 1.807) is 6.92 Å². The summed E-state index contributed by atoms with van der Waals surface area (Å²) in [5.74, 6) is -0.356. The molecule has 2 N–H and O–H groups in total. The monoisotopic (exact) mass is 581 g/mol. The fraction of sp³-hybridized carbons (Fsp3) is 0.345. The van der Waals surface area contributed by atoms with E-state index in [9.17, 15) is 14.4 Å². The number of para-hydroxylation sites is 1. The molecule has 204 valence electrons. The zero-order chi connectivity index (χ0) is 27.2. The minimum Gasteiger partial charge on any atom is -0.462 e. The van der Waals surface area contributed by atoms with Crippen LogP contribution in [0.3, 0.4) is 0 Å². The summed E-state index contributed by atoms with van der Waals surface area (Å²) >= 11 is 4.41. The van der Waals surface area contributed by atoms with E-state index in [4.69, 9.17) is 4.74 Å². The highest BCUT2D eigenvalue weighted by atomic mass is 32.2. The zero-order valence-corrected chi connectivity index (χ0v) is 24.2. The Morgan fingerprint density at radius 2 is 1.92 bits per heavy atom. The summed E-state index contributed by atoms with van der Waals surface area (Å²) in [6.45, 7) is 3.22. The Kier molecular flexibility index (Phi) is 9.06. The summed E-state index contributed by atoms with van der Waals surface area (Å²) in [6.07, 6.45) is 7.11. The normalized spacial score (nSPS) is 13.1. The number of anilines is 1. The number of thioether (sulfide) groups is 1. The van der Waals surface area contributed by atoms with Gasteiger partial charge in [0, 0.05) is 40.0 Å². The maximum atomic E-state index is 13.1. The number of nitrogens with zero attached hydrogens (tertiary/aromatic N) is 1. The number of esters is 1. The van der Waals surface area contributed by atoms with E-state index in [-0.39, 0.29) is 23.5 Å². The van der Waals surface area contributed by atoms with Crippen molar-refractivity contribution in [1.82, 2.24) is 9.88 Å².